The molecule has 2 aliphatic carbocycles. The average molecular weight is 379 g/mol. The molecule has 2 fully saturated rings. The number of benzene rings is 1. The molecule has 124 valence electrons. The topological polar surface area (TPSA) is 50.4 Å². The Morgan fingerprint density at radius 2 is 2.04 bits per heavy atom. The second-order valence-corrected chi connectivity index (χ2v) is 8.21. The molecular weight excluding hydrogens is 356 g/mol. The largest absolute Gasteiger partial charge is 0.381 e. The molecule has 2 spiro atoms. The average Bonchev–Trinajstić information content (AvgIpc) is 2.97. The highest BCUT2D eigenvalue weighted by Crippen LogP contribution is 2.58. The van der Waals surface area contributed by atoms with Crippen LogP contribution in [0.15, 0.2) is 22.7 Å². The van der Waals surface area contributed by atoms with Gasteiger partial charge in [0.05, 0.1) is 12.1 Å². The molecule has 2 atom stereocenters. The number of hydrogen-bond acceptors (Lipinski definition) is 3. The van der Waals surface area contributed by atoms with Gasteiger partial charge in [0.2, 0.25) is 5.91 Å². The number of fused-ring (bicyclic) bond motifs is 3. The van der Waals surface area contributed by atoms with Crippen LogP contribution in [0.5, 0.6) is 0 Å². The third-order valence-corrected chi connectivity index (χ3v) is 6.65. The Labute approximate surface area is 145 Å². The van der Waals surface area contributed by atoms with Gasteiger partial charge in [-0.15, -0.1) is 0 Å². The van der Waals surface area contributed by atoms with E-state index in [-0.39, 0.29) is 17.4 Å². The van der Waals surface area contributed by atoms with Crippen molar-refractivity contribution in [1.29, 1.82) is 0 Å². The summed E-state index contributed by atoms with van der Waals surface area (Å²) in [6, 6.07) is 6.33. The molecule has 0 unspecified atom stereocenters. The van der Waals surface area contributed by atoms with Crippen LogP contribution in [0.1, 0.15) is 43.7 Å². The maximum atomic E-state index is 12.4. The predicted molar refractivity (Wildman–Crippen MR) is 92.0 cm³/mol. The number of halogens is 1. The molecule has 1 aliphatic heterocycles. The molecule has 1 heterocycles. The van der Waals surface area contributed by atoms with Crippen LogP contribution in [-0.4, -0.2) is 25.2 Å². The van der Waals surface area contributed by atoms with Gasteiger partial charge in [0.25, 0.3) is 0 Å². The SMILES string of the molecule is COC1CCC2(CC1)Cc1ccc(Br)cc1[C@]21NC(=O)[C@@H](C)N1. The van der Waals surface area contributed by atoms with E-state index in [4.69, 9.17) is 4.74 Å². The van der Waals surface area contributed by atoms with Crippen LogP contribution in [0, 0.1) is 5.41 Å². The molecule has 23 heavy (non-hydrogen) atoms. The maximum Gasteiger partial charge on any atom is 0.238 e. The Hall–Kier alpha value is -0.910. The summed E-state index contributed by atoms with van der Waals surface area (Å²) in [5.41, 5.74) is 2.21. The molecular formula is C18H23BrN2O2. The maximum absolute atomic E-state index is 12.4. The number of carbonyl (C=O) groups is 1. The molecule has 4 nitrogen and oxygen atoms in total. The first-order valence-electron chi connectivity index (χ1n) is 8.41. The predicted octanol–water partition coefficient (Wildman–Crippen LogP) is 2.84. The molecule has 0 bridgehead atoms. The lowest BCUT2D eigenvalue weighted by atomic mass is 9.65. The minimum Gasteiger partial charge on any atom is -0.381 e. The van der Waals surface area contributed by atoms with Crippen LogP contribution in [0.3, 0.4) is 0 Å². The van der Waals surface area contributed by atoms with Gasteiger partial charge in [-0.3, -0.25) is 10.1 Å². The summed E-state index contributed by atoms with van der Waals surface area (Å²) in [5.74, 6) is 0.103. The van der Waals surface area contributed by atoms with E-state index in [2.05, 4.69) is 44.8 Å². The summed E-state index contributed by atoms with van der Waals surface area (Å²) in [7, 11) is 1.80. The van der Waals surface area contributed by atoms with Crippen molar-refractivity contribution in [2.75, 3.05) is 7.11 Å². The van der Waals surface area contributed by atoms with Gasteiger partial charge in [-0.05, 0) is 62.3 Å². The van der Waals surface area contributed by atoms with Crippen LogP contribution in [-0.2, 0) is 21.6 Å². The number of amides is 1. The zero-order valence-corrected chi connectivity index (χ0v) is 15.2. The molecule has 0 radical (unpaired) electrons. The van der Waals surface area contributed by atoms with Crippen molar-refractivity contribution in [3.05, 3.63) is 33.8 Å². The van der Waals surface area contributed by atoms with Gasteiger partial charge >= 0.3 is 0 Å². The summed E-state index contributed by atoms with van der Waals surface area (Å²) < 4.78 is 6.63. The lowest BCUT2D eigenvalue weighted by Gasteiger charge is -2.48. The van der Waals surface area contributed by atoms with Crippen LogP contribution in [0.2, 0.25) is 0 Å². The minimum atomic E-state index is -0.429. The van der Waals surface area contributed by atoms with Crippen LogP contribution >= 0.6 is 15.9 Å². The number of carbonyl (C=O) groups excluding carboxylic acids is 1. The van der Waals surface area contributed by atoms with Gasteiger partial charge in [-0.2, -0.15) is 0 Å². The molecule has 4 rings (SSSR count). The van der Waals surface area contributed by atoms with Crippen molar-refractivity contribution >= 4 is 21.8 Å². The fourth-order valence-corrected chi connectivity index (χ4v) is 5.28. The number of ether oxygens (including phenoxy) is 1. The van der Waals surface area contributed by atoms with Crippen molar-refractivity contribution < 1.29 is 9.53 Å². The van der Waals surface area contributed by atoms with E-state index in [0.717, 1.165) is 36.6 Å². The first-order chi connectivity index (χ1) is 11.0. The van der Waals surface area contributed by atoms with E-state index in [1.54, 1.807) is 7.11 Å². The smallest absolute Gasteiger partial charge is 0.238 e. The van der Waals surface area contributed by atoms with Crippen molar-refractivity contribution in [1.82, 2.24) is 10.6 Å². The summed E-state index contributed by atoms with van der Waals surface area (Å²) in [4.78, 5) is 12.4. The van der Waals surface area contributed by atoms with Crippen molar-refractivity contribution in [2.45, 2.75) is 56.8 Å². The second kappa shape index (κ2) is 5.30. The fraction of sp³-hybridized carbons (Fsp3) is 0.611. The minimum absolute atomic E-state index is 0.0472. The quantitative estimate of drug-likeness (QED) is 0.789. The molecule has 0 aromatic heterocycles. The third kappa shape index (κ3) is 2.13. The highest BCUT2D eigenvalue weighted by atomic mass is 79.9. The number of methoxy groups -OCH3 is 1. The summed E-state index contributed by atoms with van der Waals surface area (Å²) in [6.45, 7) is 1.95. The molecule has 5 heteroatoms. The van der Waals surface area contributed by atoms with E-state index in [9.17, 15) is 4.79 Å². The van der Waals surface area contributed by atoms with Crippen molar-refractivity contribution in [3.8, 4) is 0 Å². The molecule has 1 amide bonds. The van der Waals surface area contributed by atoms with E-state index in [1.807, 2.05) is 6.92 Å². The number of rotatable bonds is 1. The normalized spacial score (nSPS) is 39.0. The first kappa shape index (κ1) is 15.6. The van der Waals surface area contributed by atoms with Crippen molar-refractivity contribution in [3.63, 3.8) is 0 Å². The van der Waals surface area contributed by atoms with Gasteiger partial charge in [0.1, 0.15) is 5.66 Å². The van der Waals surface area contributed by atoms with Crippen LogP contribution < -0.4 is 10.6 Å². The fourth-order valence-electron chi connectivity index (χ4n) is 4.92. The first-order valence-corrected chi connectivity index (χ1v) is 9.20. The number of nitrogens with one attached hydrogen (secondary N) is 2. The lowest BCUT2D eigenvalue weighted by Crippen LogP contribution is -2.59. The summed E-state index contributed by atoms with van der Waals surface area (Å²) in [5, 5.41) is 6.98. The third-order valence-electron chi connectivity index (χ3n) is 6.16. The Balaban J connectivity index is 1.80. The van der Waals surface area contributed by atoms with Gasteiger partial charge in [0.15, 0.2) is 0 Å². The molecule has 1 saturated heterocycles. The standard InChI is InChI=1S/C18H23BrN2O2/c1-11-16(22)21-18(20-11)15-9-13(19)4-3-12(15)10-17(18)7-5-14(23-2)6-8-17/h3-4,9,11,14,20H,5-8,10H2,1-2H3,(H,21,22)/t11-,14?,17?,18+/m1/s1. The zero-order chi connectivity index (χ0) is 16.2. The van der Waals surface area contributed by atoms with E-state index >= 15 is 0 Å². The molecule has 3 aliphatic rings. The van der Waals surface area contributed by atoms with E-state index < -0.39 is 5.66 Å². The Kier molecular flexibility index (Phi) is 3.59. The highest BCUT2D eigenvalue weighted by Gasteiger charge is 2.62. The lowest BCUT2D eigenvalue weighted by molar-refractivity contribution is -0.121. The highest BCUT2D eigenvalue weighted by molar-refractivity contribution is 9.10. The van der Waals surface area contributed by atoms with Crippen molar-refractivity contribution in [2.24, 2.45) is 5.41 Å². The Morgan fingerprint density at radius 3 is 2.65 bits per heavy atom. The summed E-state index contributed by atoms with van der Waals surface area (Å²) in [6.07, 6.45) is 5.61. The Bertz CT molecular complexity index is 654. The number of hydrogen-bond donors (Lipinski definition) is 2. The Morgan fingerprint density at radius 1 is 1.30 bits per heavy atom. The molecule has 1 aromatic rings. The molecule has 1 aromatic carbocycles. The van der Waals surface area contributed by atoms with E-state index in [1.165, 1.54) is 11.1 Å². The van der Waals surface area contributed by atoms with Gasteiger partial charge < -0.3 is 10.1 Å². The van der Waals surface area contributed by atoms with Crippen LogP contribution in [0.25, 0.3) is 0 Å². The van der Waals surface area contributed by atoms with E-state index in [0.29, 0.717) is 6.10 Å². The summed E-state index contributed by atoms with van der Waals surface area (Å²) >= 11 is 3.60. The monoisotopic (exact) mass is 378 g/mol. The molecule has 1 saturated carbocycles. The van der Waals surface area contributed by atoms with Gasteiger partial charge in [-0.1, -0.05) is 22.0 Å². The zero-order valence-electron chi connectivity index (χ0n) is 13.6. The van der Waals surface area contributed by atoms with Gasteiger partial charge in [0, 0.05) is 17.0 Å². The van der Waals surface area contributed by atoms with Crippen LogP contribution in [0.4, 0.5) is 0 Å². The van der Waals surface area contributed by atoms with Gasteiger partial charge in [-0.25, -0.2) is 0 Å². The molecule has 2 N–H and O–H groups in total. The second-order valence-electron chi connectivity index (χ2n) is 7.30.